The molecule has 0 radical (unpaired) electrons. The van der Waals surface area contributed by atoms with E-state index in [1.807, 2.05) is 55.4 Å². The molecular weight excluding hydrogens is 670 g/mol. The van der Waals surface area contributed by atoms with Crippen LogP contribution in [0.4, 0.5) is 0 Å². The molecule has 3 N–H and O–H groups in total. The first-order chi connectivity index (χ1) is 23.9. The van der Waals surface area contributed by atoms with Crippen molar-refractivity contribution < 1.29 is 48.0 Å². The number of hydrogen-bond donors (Lipinski definition) is 3. The molecule has 3 aliphatic heterocycles. The molecular formula is C39H63N3O10. The summed E-state index contributed by atoms with van der Waals surface area (Å²) in [5, 5.41) is 18.8. The highest BCUT2D eigenvalue weighted by molar-refractivity contribution is 5.76. The monoisotopic (exact) mass is 733 g/mol. The Kier molecular flexibility index (Phi) is 12.3. The smallest absolute Gasteiger partial charge is 0.311 e. The summed E-state index contributed by atoms with van der Waals surface area (Å²) in [5.74, 6) is -0.759. The highest BCUT2D eigenvalue weighted by Gasteiger charge is 2.55. The number of benzene rings is 1. The third-order valence-electron chi connectivity index (χ3n) is 10.7. The molecule has 1 aromatic rings. The normalized spacial score (nSPS) is 26.4. The predicted octanol–water partition coefficient (Wildman–Crippen LogP) is 5.05. The van der Waals surface area contributed by atoms with Crippen LogP contribution >= 0.6 is 0 Å². The van der Waals surface area contributed by atoms with Gasteiger partial charge in [-0.2, -0.15) is 5.06 Å². The zero-order valence-corrected chi connectivity index (χ0v) is 33.4. The first kappa shape index (κ1) is 41.6. The van der Waals surface area contributed by atoms with Crippen molar-refractivity contribution in [1.29, 1.82) is 0 Å². The molecule has 3 aliphatic rings. The minimum absolute atomic E-state index is 0.00317. The molecule has 13 nitrogen and oxygen atoms in total. The number of carbonyl (C=O) groups excluding carboxylic acids is 3. The minimum Gasteiger partial charge on any atom is -0.490 e. The Hall–Kier alpha value is -3.13. The van der Waals surface area contributed by atoms with Gasteiger partial charge in [-0.25, -0.2) is 0 Å². The standard InChI is InChI=1S/C39H63N3O10/c1-34(2)22-28(37(7,8)40-34)31(43)50-16-13-47-25-19-26(48-14-17-51-32(44)29-23-35(3,4)41-38(29,9)10)21-27(20-25)49-15-18-52-33(45)30-24-36(5,6)42(46)39(30,11)12/h19-21,28-30,40-41,46H,13-18,22-24H2,1-12H3. The van der Waals surface area contributed by atoms with Crippen LogP contribution in [-0.2, 0) is 28.6 Å². The average Bonchev–Trinajstić information content (AvgIpc) is 3.47. The minimum atomic E-state index is -0.774. The molecule has 0 saturated carbocycles. The van der Waals surface area contributed by atoms with Gasteiger partial charge in [-0.15, -0.1) is 0 Å². The Morgan fingerprint density at radius 1 is 0.577 bits per heavy atom. The van der Waals surface area contributed by atoms with E-state index in [0.717, 1.165) is 0 Å². The lowest BCUT2D eigenvalue weighted by Crippen LogP contribution is -2.48. The second-order valence-corrected chi connectivity index (χ2v) is 18.2. The van der Waals surface area contributed by atoms with Crippen molar-refractivity contribution in [2.24, 2.45) is 17.8 Å². The fraction of sp³-hybridized carbons (Fsp3) is 0.769. The van der Waals surface area contributed by atoms with Crippen molar-refractivity contribution in [3.63, 3.8) is 0 Å². The number of ether oxygens (including phenoxy) is 6. The van der Waals surface area contributed by atoms with E-state index in [2.05, 4.69) is 38.3 Å². The van der Waals surface area contributed by atoms with Crippen LogP contribution in [0, 0.1) is 17.8 Å². The van der Waals surface area contributed by atoms with Crippen LogP contribution in [-0.4, -0.2) is 101 Å². The fourth-order valence-electron chi connectivity index (χ4n) is 8.45. The Bertz CT molecular complexity index is 1380. The molecule has 0 aromatic heterocycles. The van der Waals surface area contributed by atoms with Gasteiger partial charge in [-0.3, -0.25) is 14.4 Å². The maximum Gasteiger partial charge on any atom is 0.311 e. The Balaban J connectivity index is 1.33. The van der Waals surface area contributed by atoms with Gasteiger partial charge in [0.25, 0.3) is 0 Å². The number of esters is 3. The lowest BCUT2D eigenvalue weighted by atomic mass is 9.87. The topological polar surface area (TPSA) is 154 Å². The van der Waals surface area contributed by atoms with Crippen molar-refractivity contribution in [2.75, 3.05) is 39.6 Å². The van der Waals surface area contributed by atoms with Gasteiger partial charge < -0.3 is 44.3 Å². The van der Waals surface area contributed by atoms with Crippen LogP contribution < -0.4 is 24.8 Å². The third-order valence-corrected chi connectivity index (χ3v) is 10.7. The van der Waals surface area contributed by atoms with Crippen LogP contribution in [0.3, 0.4) is 0 Å². The van der Waals surface area contributed by atoms with Crippen molar-refractivity contribution in [3.8, 4) is 17.2 Å². The molecule has 0 amide bonds. The molecule has 13 heteroatoms. The van der Waals surface area contributed by atoms with Crippen LogP contribution in [0.2, 0.25) is 0 Å². The highest BCUT2D eigenvalue weighted by atomic mass is 16.6. The molecule has 294 valence electrons. The van der Waals surface area contributed by atoms with E-state index in [0.29, 0.717) is 36.5 Å². The molecule has 0 aliphatic carbocycles. The summed E-state index contributed by atoms with van der Waals surface area (Å²) in [6.45, 7) is 24.1. The van der Waals surface area contributed by atoms with E-state index in [9.17, 15) is 19.6 Å². The van der Waals surface area contributed by atoms with Gasteiger partial charge in [0.2, 0.25) is 0 Å². The molecule has 1 aromatic carbocycles. The van der Waals surface area contributed by atoms with Crippen molar-refractivity contribution in [1.82, 2.24) is 15.7 Å². The molecule has 3 atom stereocenters. The van der Waals surface area contributed by atoms with Gasteiger partial charge in [0.15, 0.2) is 0 Å². The van der Waals surface area contributed by atoms with Gasteiger partial charge in [-0.1, -0.05) is 0 Å². The zero-order chi connectivity index (χ0) is 38.9. The number of nitrogens with zero attached hydrogens (tertiary/aromatic N) is 1. The molecule has 3 fully saturated rings. The maximum absolute atomic E-state index is 13.0. The van der Waals surface area contributed by atoms with Crippen molar-refractivity contribution in [3.05, 3.63) is 18.2 Å². The van der Waals surface area contributed by atoms with Crippen molar-refractivity contribution >= 4 is 17.9 Å². The number of hydrogen-bond acceptors (Lipinski definition) is 13. The Morgan fingerprint density at radius 3 is 1.17 bits per heavy atom. The Morgan fingerprint density at radius 2 is 0.904 bits per heavy atom. The Labute approximate surface area is 309 Å². The SMILES string of the molecule is CC1(C)CC(C(=O)OCCOc2cc(OCCOC(=O)C3CC(C)(C)NC3(C)C)cc(OCCOC(=O)C3CC(C)(C)N(O)C3(C)C)c2)C(C)(C)N1. The highest BCUT2D eigenvalue weighted by Crippen LogP contribution is 2.44. The van der Waals surface area contributed by atoms with Gasteiger partial charge in [0.05, 0.1) is 23.3 Å². The first-order valence-electron chi connectivity index (χ1n) is 18.5. The number of nitrogens with one attached hydrogen (secondary N) is 2. The van der Waals surface area contributed by atoms with E-state index in [-0.39, 0.29) is 85.6 Å². The molecule has 0 bridgehead atoms. The van der Waals surface area contributed by atoms with Gasteiger partial charge in [0, 0.05) is 45.9 Å². The first-order valence-corrected chi connectivity index (χ1v) is 18.5. The summed E-state index contributed by atoms with van der Waals surface area (Å²) < 4.78 is 34.6. The molecule has 0 spiro atoms. The second-order valence-electron chi connectivity index (χ2n) is 18.2. The van der Waals surface area contributed by atoms with Gasteiger partial charge in [0.1, 0.15) is 56.9 Å². The lowest BCUT2D eigenvalue weighted by molar-refractivity contribution is -0.200. The van der Waals surface area contributed by atoms with E-state index in [4.69, 9.17) is 28.4 Å². The number of hydroxylamine groups is 2. The summed E-state index contributed by atoms with van der Waals surface area (Å²) in [4.78, 5) is 38.8. The predicted molar refractivity (Wildman–Crippen MR) is 194 cm³/mol. The summed E-state index contributed by atoms with van der Waals surface area (Å²) in [6, 6.07) is 5.03. The summed E-state index contributed by atoms with van der Waals surface area (Å²) in [7, 11) is 0. The second kappa shape index (κ2) is 15.3. The van der Waals surface area contributed by atoms with E-state index >= 15 is 0 Å². The van der Waals surface area contributed by atoms with Crippen LogP contribution in [0.15, 0.2) is 18.2 Å². The van der Waals surface area contributed by atoms with E-state index < -0.39 is 23.0 Å². The van der Waals surface area contributed by atoms with Crippen molar-refractivity contribution in [2.45, 2.75) is 136 Å². The molecule has 3 saturated heterocycles. The van der Waals surface area contributed by atoms with Crippen LogP contribution in [0.1, 0.15) is 102 Å². The summed E-state index contributed by atoms with van der Waals surface area (Å²) >= 11 is 0. The fourth-order valence-corrected chi connectivity index (χ4v) is 8.45. The largest absolute Gasteiger partial charge is 0.490 e. The van der Waals surface area contributed by atoms with Crippen LogP contribution in [0.5, 0.6) is 17.2 Å². The number of rotatable bonds is 15. The molecule has 3 heterocycles. The molecule has 4 rings (SSSR count). The zero-order valence-electron chi connectivity index (χ0n) is 33.4. The molecule has 52 heavy (non-hydrogen) atoms. The van der Waals surface area contributed by atoms with Gasteiger partial charge >= 0.3 is 17.9 Å². The lowest BCUT2D eigenvalue weighted by Gasteiger charge is -2.35. The van der Waals surface area contributed by atoms with Crippen LogP contribution in [0.25, 0.3) is 0 Å². The van der Waals surface area contributed by atoms with E-state index in [1.165, 1.54) is 5.06 Å². The van der Waals surface area contributed by atoms with E-state index in [1.54, 1.807) is 18.2 Å². The average molecular weight is 734 g/mol. The third kappa shape index (κ3) is 10.1. The maximum atomic E-state index is 13.0. The molecule has 3 unspecified atom stereocenters. The number of carbonyl (C=O) groups is 3. The summed E-state index contributed by atoms with van der Waals surface area (Å²) in [6.07, 6.45) is 1.81. The quantitative estimate of drug-likeness (QED) is 0.125. The summed E-state index contributed by atoms with van der Waals surface area (Å²) in [5.41, 5.74) is -2.42. The van der Waals surface area contributed by atoms with Gasteiger partial charge in [-0.05, 0) is 102 Å².